The summed E-state index contributed by atoms with van der Waals surface area (Å²) in [6.07, 6.45) is 18.1. The van der Waals surface area contributed by atoms with Gasteiger partial charge in [-0.2, -0.15) is 0 Å². The minimum atomic E-state index is 0.322. The van der Waals surface area contributed by atoms with Gasteiger partial charge in [0, 0.05) is 5.41 Å². The van der Waals surface area contributed by atoms with Crippen LogP contribution in [0.5, 0.6) is 0 Å². The lowest BCUT2D eigenvalue weighted by molar-refractivity contribution is -0.115. The lowest BCUT2D eigenvalue weighted by Gasteiger charge is -2.60. The highest BCUT2D eigenvalue weighted by molar-refractivity contribution is 5.22. The zero-order valence-corrected chi connectivity index (χ0v) is 19.4. The molecule has 5 rings (SSSR count). The van der Waals surface area contributed by atoms with Crippen LogP contribution in [0.3, 0.4) is 0 Å². The Balaban J connectivity index is 1.32. The van der Waals surface area contributed by atoms with E-state index in [1.807, 2.05) is 0 Å². The van der Waals surface area contributed by atoms with Gasteiger partial charge in [0.25, 0.3) is 0 Å². The third kappa shape index (κ3) is 2.66. The van der Waals surface area contributed by atoms with E-state index in [9.17, 15) is 0 Å². The molecule has 160 valence electrons. The molecule has 0 amide bonds. The third-order valence-corrected chi connectivity index (χ3v) is 11.3. The predicted molar refractivity (Wildman–Crippen MR) is 117 cm³/mol. The van der Waals surface area contributed by atoms with Crippen molar-refractivity contribution in [1.29, 1.82) is 0 Å². The van der Waals surface area contributed by atoms with Crippen molar-refractivity contribution in [1.82, 2.24) is 0 Å². The van der Waals surface area contributed by atoms with Crippen LogP contribution >= 0.6 is 0 Å². The molecule has 5 aliphatic rings. The average Bonchev–Trinajstić information content (AvgIpc) is 3.26. The molecule has 0 N–H and O–H groups in total. The Labute approximate surface area is 174 Å². The molecular weight excluding hydrogens is 340 g/mol. The Morgan fingerprint density at radius 2 is 1.68 bits per heavy atom. The second kappa shape index (κ2) is 6.73. The largest absolute Gasteiger partial charge is 0.365 e. The first-order valence-electron chi connectivity index (χ1n) is 13.0. The van der Waals surface area contributed by atoms with Crippen molar-refractivity contribution in [2.24, 2.45) is 46.3 Å². The first-order valence-corrected chi connectivity index (χ1v) is 13.0. The van der Waals surface area contributed by atoms with E-state index in [-0.39, 0.29) is 0 Å². The summed E-state index contributed by atoms with van der Waals surface area (Å²) in [6, 6.07) is 0. The fourth-order valence-corrected chi connectivity index (χ4v) is 9.77. The van der Waals surface area contributed by atoms with Crippen LogP contribution in [0.1, 0.15) is 112 Å². The maximum atomic E-state index is 6.48. The van der Waals surface area contributed by atoms with Gasteiger partial charge in [-0.25, -0.2) is 0 Å². The zero-order chi connectivity index (χ0) is 19.7. The van der Waals surface area contributed by atoms with E-state index in [0.717, 1.165) is 35.5 Å². The average molecular weight is 387 g/mol. The molecule has 9 atom stereocenters. The van der Waals surface area contributed by atoms with E-state index in [0.29, 0.717) is 22.5 Å². The molecule has 1 heteroatoms. The first kappa shape index (κ1) is 19.9. The molecule has 5 fully saturated rings. The number of rotatable bonds is 5. The molecule has 1 aliphatic heterocycles. The monoisotopic (exact) mass is 386 g/mol. The molecular formula is C27H46O. The van der Waals surface area contributed by atoms with Crippen molar-refractivity contribution in [2.45, 2.75) is 123 Å². The van der Waals surface area contributed by atoms with Gasteiger partial charge in [0.15, 0.2) is 0 Å². The molecule has 0 aromatic rings. The predicted octanol–water partition coefficient (Wildman–Crippen LogP) is 7.63. The summed E-state index contributed by atoms with van der Waals surface area (Å²) in [5.74, 6) is 5.77. The molecule has 0 bridgehead atoms. The van der Waals surface area contributed by atoms with Gasteiger partial charge >= 0.3 is 0 Å². The maximum absolute atomic E-state index is 6.48. The van der Waals surface area contributed by atoms with Crippen LogP contribution < -0.4 is 0 Å². The summed E-state index contributed by atoms with van der Waals surface area (Å²) in [6.45, 7) is 12.8. The lowest BCUT2D eigenvalue weighted by atomic mass is 9.44. The van der Waals surface area contributed by atoms with Gasteiger partial charge in [0.05, 0.1) is 6.10 Å². The Kier molecular flexibility index (Phi) is 4.78. The lowest BCUT2D eigenvalue weighted by Crippen LogP contribution is -2.57. The normalized spacial score (nSPS) is 53.1. The molecule has 0 aromatic carbocycles. The van der Waals surface area contributed by atoms with Gasteiger partial charge < -0.3 is 4.74 Å². The van der Waals surface area contributed by atoms with Crippen LogP contribution in [0.25, 0.3) is 0 Å². The van der Waals surface area contributed by atoms with E-state index in [4.69, 9.17) is 4.74 Å². The Bertz CT molecular complexity index is 597. The van der Waals surface area contributed by atoms with E-state index in [2.05, 4.69) is 34.6 Å². The zero-order valence-electron chi connectivity index (χ0n) is 19.4. The Hall–Kier alpha value is -0.0400. The number of epoxide rings is 1. The molecule has 4 aliphatic carbocycles. The minimum absolute atomic E-state index is 0.322. The smallest absolute Gasteiger partial charge is 0.100 e. The summed E-state index contributed by atoms with van der Waals surface area (Å²) in [5, 5.41) is 0. The molecule has 1 saturated heterocycles. The Morgan fingerprint density at radius 3 is 2.46 bits per heavy atom. The summed E-state index contributed by atoms with van der Waals surface area (Å²) < 4.78 is 6.48. The van der Waals surface area contributed by atoms with Gasteiger partial charge in [-0.15, -0.1) is 0 Å². The summed E-state index contributed by atoms with van der Waals surface area (Å²) in [7, 11) is 0. The van der Waals surface area contributed by atoms with Crippen molar-refractivity contribution in [3.63, 3.8) is 0 Å². The van der Waals surface area contributed by atoms with Crippen molar-refractivity contribution in [2.75, 3.05) is 0 Å². The molecule has 0 aromatic heterocycles. The number of hydrogen-bond donors (Lipinski definition) is 0. The standard InChI is InChI=1S/C27H46O/c1-18(2)8-6-9-19(3)21-11-12-22-20-13-17-27-24(28-27)10-7-15-26(27,5)23(20)14-16-25(21,22)4/h18-24H,6-17H2,1-5H3. The van der Waals surface area contributed by atoms with Crippen LogP contribution in [0.4, 0.5) is 0 Å². The maximum Gasteiger partial charge on any atom is 0.100 e. The highest BCUT2D eigenvalue weighted by atomic mass is 16.6. The molecule has 1 nitrogen and oxygen atoms in total. The van der Waals surface area contributed by atoms with Crippen LogP contribution in [0, 0.1) is 46.3 Å². The molecule has 9 unspecified atom stereocenters. The van der Waals surface area contributed by atoms with Gasteiger partial charge in [-0.1, -0.05) is 60.3 Å². The quantitative estimate of drug-likeness (QED) is 0.442. The van der Waals surface area contributed by atoms with Crippen molar-refractivity contribution in [3.8, 4) is 0 Å². The van der Waals surface area contributed by atoms with Crippen LogP contribution in [0.2, 0.25) is 0 Å². The minimum Gasteiger partial charge on any atom is -0.365 e. The Morgan fingerprint density at radius 1 is 0.857 bits per heavy atom. The molecule has 1 heterocycles. The fourth-order valence-electron chi connectivity index (χ4n) is 9.77. The second-order valence-corrected chi connectivity index (χ2v) is 12.8. The number of ether oxygens (including phenoxy) is 1. The third-order valence-electron chi connectivity index (χ3n) is 11.3. The number of hydrogen-bond acceptors (Lipinski definition) is 1. The second-order valence-electron chi connectivity index (χ2n) is 12.8. The fraction of sp³-hybridized carbons (Fsp3) is 1.00. The molecule has 0 radical (unpaired) electrons. The van der Waals surface area contributed by atoms with E-state index in [1.54, 1.807) is 0 Å². The summed E-state index contributed by atoms with van der Waals surface area (Å²) in [5.41, 5.74) is 1.46. The van der Waals surface area contributed by atoms with Gasteiger partial charge in [0.2, 0.25) is 0 Å². The van der Waals surface area contributed by atoms with E-state index < -0.39 is 0 Å². The summed E-state index contributed by atoms with van der Waals surface area (Å²) >= 11 is 0. The van der Waals surface area contributed by atoms with Crippen LogP contribution in [-0.4, -0.2) is 11.7 Å². The van der Waals surface area contributed by atoms with E-state index in [1.165, 1.54) is 77.0 Å². The van der Waals surface area contributed by atoms with Gasteiger partial charge in [-0.05, 0) is 92.3 Å². The highest BCUT2D eigenvalue weighted by Crippen LogP contribution is 2.73. The topological polar surface area (TPSA) is 12.5 Å². The van der Waals surface area contributed by atoms with Crippen molar-refractivity contribution >= 4 is 0 Å². The van der Waals surface area contributed by atoms with Gasteiger partial charge in [-0.3, -0.25) is 0 Å². The highest BCUT2D eigenvalue weighted by Gasteiger charge is 2.73. The van der Waals surface area contributed by atoms with Crippen molar-refractivity contribution in [3.05, 3.63) is 0 Å². The van der Waals surface area contributed by atoms with Gasteiger partial charge in [0.1, 0.15) is 5.60 Å². The molecule has 28 heavy (non-hydrogen) atoms. The van der Waals surface area contributed by atoms with Crippen LogP contribution in [0.15, 0.2) is 0 Å². The molecule has 1 spiro atoms. The first-order chi connectivity index (χ1) is 13.3. The summed E-state index contributed by atoms with van der Waals surface area (Å²) in [4.78, 5) is 0. The van der Waals surface area contributed by atoms with E-state index >= 15 is 0 Å². The SMILES string of the molecule is CC(C)CCCC(C)C1CCC2C3CCC45OC4CCCC5(C)C3CCC12C. The molecule has 4 saturated carbocycles. The number of fused-ring (bicyclic) bond motifs is 4. The van der Waals surface area contributed by atoms with Crippen molar-refractivity contribution < 1.29 is 4.74 Å². The van der Waals surface area contributed by atoms with Crippen LogP contribution in [-0.2, 0) is 4.74 Å².